The number of aromatic nitrogens is 1. The molecule has 0 atom stereocenters. The first kappa shape index (κ1) is 13.3. The van der Waals surface area contributed by atoms with Gasteiger partial charge in [0.1, 0.15) is 11.6 Å². The molecule has 0 saturated heterocycles. The molecule has 1 aromatic heterocycles. The van der Waals surface area contributed by atoms with E-state index in [1.54, 1.807) is 6.20 Å². The van der Waals surface area contributed by atoms with E-state index in [-0.39, 0.29) is 0 Å². The summed E-state index contributed by atoms with van der Waals surface area (Å²) in [6.45, 7) is 0.328. The number of anilines is 1. The molecule has 0 spiro atoms. The molecule has 3 aromatic rings. The van der Waals surface area contributed by atoms with E-state index in [2.05, 4.69) is 10.3 Å². The number of halogens is 2. The van der Waals surface area contributed by atoms with Crippen LogP contribution in [-0.4, -0.2) is 4.98 Å². The summed E-state index contributed by atoms with van der Waals surface area (Å²) in [6, 6.07) is 11.0. The molecule has 0 aliphatic rings. The molecule has 3 rings (SSSR count). The van der Waals surface area contributed by atoms with Crippen molar-refractivity contribution in [1.82, 2.24) is 4.98 Å². The average Bonchev–Trinajstić information content (AvgIpc) is 2.99. The van der Waals surface area contributed by atoms with E-state index in [0.717, 1.165) is 17.3 Å². The van der Waals surface area contributed by atoms with Gasteiger partial charge in [0.15, 0.2) is 12.2 Å². The van der Waals surface area contributed by atoms with Crippen molar-refractivity contribution in [3.05, 3.63) is 72.3 Å². The molecule has 106 valence electrons. The quantitative estimate of drug-likeness (QED) is 0.780. The van der Waals surface area contributed by atoms with Crippen LogP contribution in [0, 0.1) is 11.6 Å². The molecule has 5 heteroatoms. The standard InChI is InChI=1S/C16H12F2N2O/c17-13-4-11(5-14(18)7-13)8-20-15-3-1-2-12(6-15)16-9-19-10-21-16/h1-7,9-10,20H,8H2. The minimum Gasteiger partial charge on any atom is -0.444 e. The smallest absolute Gasteiger partial charge is 0.181 e. The van der Waals surface area contributed by atoms with Crippen LogP contribution >= 0.6 is 0 Å². The highest BCUT2D eigenvalue weighted by atomic mass is 19.1. The molecule has 0 unspecified atom stereocenters. The van der Waals surface area contributed by atoms with Gasteiger partial charge in [-0.2, -0.15) is 0 Å². The van der Waals surface area contributed by atoms with Crippen molar-refractivity contribution in [2.24, 2.45) is 0 Å². The molecule has 1 heterocycles. The first-order valence-electron chi connectivity index (χ1n) is 6.38. The number of oxazole rings is 1. The third kappa shape index (κ3) is 3.25. The van der Waals surface area contributed by atoms with E-state index >= 15 is 0 Å². The monoisotopic (exact) mass is 286 g/mol. The van der Waals surface area contributed by atoms with Crippen LogP contribution in [0.4, 0.5) is 14.5 Å². The Morgan fingerprint density at radius 3 is 2.57 bits per heavy atom. The lowest BCUT2D eigenvalue weighted by Crippen LogP contribution is -2.00. The van der Waals surface area contributed by atoms with Crippen LogP contribution in [0.15, 0.2) is 59.5 Å². The van der Waals surface area contributed by atoms with Crippen LogP contribution in [0.25, 0.3) is 11.3 Å². The van der Waals surface area contributed by atoms with E-state index in [1.807, 2.05) is 24.3 Å². The summed E-state index contributed by atoms with van der Waals surface area (Å²) in [5, 5.41) is 3.12. The molecule has 0 fully saturated rings. The molecular weight excluding hydrogens is 274 g/mol. The molecule has 0 aliphatic carbocycles. The maximum Gasteiger partial charge on any atom is 0.181 e. The summed E-state index contributed by atoms with van der Waals surface area (Å²) in [5.41, 5.74) is 2.24. The maximum atomic E-state index is 13.1. The zero-order valence-corrected chi connectivity index (χ0v) is 11.0. The third-order valence-electron chi connectivity index (χ3n) is 3.00. The van der Waals surface area contributed by atoms with Crippen molar-refractivity contribution in [2.75, 3.05) is 5.32 Å². The summed E-state index contributed by atoms with van der Waals surface area (Å²) in [5.74, 6) is -0.500. The van der Waals surface area contributed by atoms with Gasteiger partial charge in [0, 0.05) is 23.9 Å². The minimum atomic E-state index is -0.581. The summed E-state index contributed by atoms with van der Waals surface area (Å²) < 4.78 is 31.5. The topological polar surface area (TPSA) is 38.1 Å². The highest BCUT2D eigenvalue weighted by Crippen LogP contribution is 2.22. The average molecular weight is 286 g/mol. The van der Waals surface area contributed by atoms with E-state index in [9.17, 15) is 8.78 Å². The molecule has 0 saturated carbocycles. The van der Waals surface area contributed by atoms with Gasteiger partial charge in [0.05, 0.1) is 6.20 Å². The lowest BCUT2D eigenvalue weighted by molar-refractivity contribution is 0.572. The Morgan fingerprint density at radius 1 is 1.05 bits per heavy atom. The van der Waals surface area contributed by atoms with Gasteiger partial charge in [0.2, 0.25) is 0 Å². The predicted molar refractivity (Wildman–Crippen MR) is 75.6 cm³/mol. The molecule has 21 heavy (non-hydrogen) atoms. The normalized spacial score (nSPS) is 10.6. The van der Waals surface area contributed by atoms with Gasteiger partial charge >= 0.3 is 0 Å². The minimum absolute atomic E-state index is 0.328. The second kappa shape index (κ2) is 5.75. The molecule has 0 aliphatic heterocycles. The van der Waals surface area contributed by atoms with Gasteiger partial charge in [-0.05, 0) is 29.8 Å². The molecule has 1 N–H and O–H groups in total. The highest BCUT2D eigenvalue weighted by molar-refractivity contribution is 5.63. The maximum absolute atomic E-state index is 13.1. The number of benzene rings is 2. The van der Waals surface area contributed by atoms with E-state index in [0.29, 0.717) is 17.9 Å². The number of nitrogens with one attached hydrogen (secondary N) is 1. The molecule has 0 amide bonds. The Morgan fingerprint density at radius 2 is 1.86 bits per heavy atom. The lowest BCUT2D eigenvalue weighted by atomic mass is 10.1. The molecule has 0 bridgehead atoms. The van der Waals surface area contributed by atoms with E-state index in [1.165, 1.54) is 18.5 Å². The summed E-state index contributed by atoms with van der Waals surface area (Å²) in [4.78, 5) is 3.87. The number of hydrogen-bond acceptors (Lipinski definition) is 3. The molecule has 2 aromatic carbocycles. The summed E-state index contributed by atoms with van der Waals surface area (Å²) >= 11 is 0. The van der Waals surface area contributed by atoms with Gasteiger partial charge in [-0.1, -0.05) is 12.1 Å². The largest absolute Gasteiger partial charge is 0.444 e. The van der Waals surface area contributed by atoms with Crippen molar-refractivity contribution in [1.29, 1.82) is 0 Å². The predicted octanol–water partition coefficient (Wildman–Crippen LogP) is 4.23. The van der Waals surface area contributed by atoms with Crippen LogP contribution in [0.3, 0.4) is 0 Å². The Bertz CT molecular complexity index is 722. The number of rotatable bonds is 4. The lowest BCUT2D eigenvalue weighted by Gasteiger charge is -2.08. The Balaban J connectivity index is 1.75. The Hall–Kier alpha value is -2.69. The van der Waals surface area contributed by atoms with Crippen molar-refractivity contribution >= 4 is 5.69 Å². The molecule has 3 nitrogen and oxygen atoms in total. The number of nitrogens with zero attached hydrogens (tertiary/aromatic N) is 1. The highest BCUT2D eigenvalue weighted by Gasteiger charge is 2.04. The van der Waals surface area contributed by atoms with Crippen molar-refractivity contribution in [3.8, 4) is 11.3 Å². The fourth-order valence-electron chi connectivity index (χ4n) is 2.06. The third-order valence-corrected chi connectivity index (χ3v) is 3.00. The molecular formula is C16H12F2N2O. The zero-order chi connectivity index (χ0) is 14.7. The summed E-state index contributed by atoms with van der Waals surface area (Å²) in [6.07, 6.45) is 2.99. The Labute approximate surface area is 120 Å². The Kier molecular flexibility index (Phi) is 3.64. The fraction of sp³-hybridized carbons (Fsp3) is 0.0625. The second-order valence-corrected chi connectivity index (χ2v) is 4.58. The first-order chi connectivity index (χ1) is 10.2. The second-order valence-electron chi connectivity index (χ2n) is 4.58. The number of hydrogen-bond donors (Lipinski definition) is 1. The van der Waals surface area contributed by atoms with Crippen molar-refractivity contribution in [2.45, 2.75) is 6.54 Å². The van der Waals surface area contributed by atoms with Gasteiger partial charge in [-0.25, -0.2) is 13.8 Å². The van der Waals surface area contributed by atoms with Crippen LogP contribution in [0.5, 0.6) is 0 Å². The van der Waals surface area contributed by atoms with Crippen molar-refractivity contribution < 1.29 is 13.2 Å². The molecule has 0 radical (unpaired) electrons. The summed E-state index contributed by atoms with van der Waals surface area (Å²) in [7, 11) is 0. The van der Waals surface area contributed by atoms with Gasteiger partial charge in [-0.3, -0.25) is 0 Å². The van der Waals surface area contributed by atoms with Gasteiger partial charge in [0.25, 0.3) is 0 Å². The van der Waals surface area contributed by atoms with Gasteiger partial charge in [-0.15, -0.1) is 0 Å². The van der Waals surface area contributed by atoms with Crippen LogP contribution in [0.2, 0.25) is 0 Å². The zero-order valence-electron chi connectivity index (χ0n) is 11.0. The van der Waals surface area contributed by atoms with E-state index in [4.69, 9.17) is 4.42 Å². The van der Waals surface area contributed by atoms with Crippen LogP contribution in [0.1, 0.15) is 5.56 Å². The SMILES string of the molecule is Fc1cc(F)cc(CNc2cccc(-c3cnco3)c2)c1. The van der Waals surface area contributed by atoms with Gasteiger partial charge < -0.3 is 9.73 Å². The van der Waals surface area contributed by atoms with E-state index < -0.39 is 11.6 Å². The first-order valence-corrected chi connectivity index (χ1v) is 6.38. The van der Waals surface area contributed by atoms with Crippen molar-refractivity contribution in [3.63, 3.8) is 0 Å². The van der Waals surface area contributed by atoms with Crippen LogP contribution < -0.4 is 5.32 Å². The fourth-order valence-corrected chi connectivity index (χ4v) is 2.06. The van der Waals surface area contributed by atoms with Crippen LogP contribution in [-0.2, 0) is 6.54 Å².